The number of hydrogen-bond acceptors (Lipinski definition) is 4. The molecule has 0 radical (unpaired) electrons. The molecule has 8 heteroatoms. The van der Waals surface area contributed by atoms with Crippen molar-refractivity contribution in [3.05, 3.63) is 71.8 Å². The number of ether oxygens (including phenoxy) is 1. The van der Waals surface area contributed by atoms with Gasteiger partial charge in [0.05, 0.1) is 23.9 Å². The normalized spacial score (nSPS) is 21.1. The van der Waals surface area contributed by atoms with Crippen LogP contribution >= 0.6 is 0 Å². The molecule has 2 aromatic heterocycles. The minimum absolute atomic E-state index is 0.0683. The summed E-state index contributed by atoms with van der Waals surface area (Å²) in [7, 11) is 3.66. The van der Waals surface area contributed by atoms with Crippen LogP contribution in [0.25, 0.3) is 44.6 Å². The van der Waals surface area contributed by atoms with Crippen LogP contribution in [-0.2, 0) is 13.6 Å². The Morgan fingerprint density at radius 2 is 1.80 bits per heavy atom. The second-order valence-corrected chi connectivity index (χ2v) is 13.0. The molecule has 3 fully saturated rings. The monoisotopic (exact) mass is 588 g/mol. The zero-order chi connectivity index (χ0) is 30.3. The van der Waals surface area contributed by atoms with Crippen molar-refractivity contribution in [1.29, 1.82) is 0 Å². The summed E-state index contributed by atoms with van der Waals surface area (Å²) in [6.07, 6.45) is 4.71. The summed E-state index contributed by atoms with van der Waals surface area (Å²) in [5.74, 6) is 2.38. The molecule has 2 aliphatic carbocycles. The topological polar surface area (TPSA) is 89.6 Å². The zero-order valence-corrected chi connectivity index (χ0v) is 25.3. The van der Waals surface area contributed by atoms with Crippen LogP contribution in [0, 0.1) is 17.8 Å². The van der Waals surface area contributed by atoms with E-state index in [1.54, 1.807) is 25.3 Å². The molecule has 1 N–H and O–H groups in total. The van der Waals surface area contributed by atoms with Gasteiger partial charge in [-0.2, -0.15) is 0 Å². The molecule has 3 heterocycles. The van der Waals surface area contributed by atoms with Crippen molar-refractivity contribution >= 4 is 33.8 Å². The van der Waals surface area contributed by atoms with E-state index < -0.39 is 5.97 Å². The van der Waals surface area contributed by atoms with Gasteiger partial charge in [0.1, 0.15) is 11.3 Å². The Morgan fingerprint density at radius 1 is 0.977 bits per heavy atom. The molecule has 1 amide bonds. The first kappa shape index (κ1) is 27.0. The van der Waals surface area contributed by atoms with Gasteiger partial charge in [-0.1, -0.05) is 31.2 Å². The highest BCUT2D eigenvalue weighted by atomic mass is 16.5. The van der Waals surface area contributed by atoms with E-state index in [4.69, 9.17) is 9.72 Å². The Hall–Kier alpha value is -4.59. The molecule has 8 nitrogen and oxygen atoms in total. The van der Waals surface area contributed by atoms with E-state index in [1.165, 1.54) is 19.3 Å². The number of methoxy groups -OCH3 is 1. The molecule has 2 saturated carbocycles. The number of fused-ring (bicyclic) bond motifs is 4. The Balaban J connectivity index is 1.24. The predicted molar refractivity (Wildman–Crippen MR) is 170 cm³/mol. The Labute approximate surface area is 255 Å². The fourth-order valence-electron chi connectivity index (χ4n) is 7.73. The summed E-state index contributed by atoms with van der Waals surface area (Å²) in [6, 6.07) is 19.7. The Kier molecular flexibility index (Phi) is 6.12. The standard InChI is InChI=1S/C36H36N4O4/c1-20-26-11-12-29(20)40(19-26)35(41)27-14-28-33(32(17-27)44-3)38(2)34(37-28)31-16-24-10-9-23(15-30(24)39(31)18-21-7-8-21)22-5-4-6-25(13-22)36(42)43/h4-6,9-10,13-17,20-21,26,29H,7-8,11-12,18-19H2,1-3H3,(H,42,43)/t20-,26?,29?/m1/s1. The van der Waals surface area contributed by atoms with Crippen LogP contribution in [0.1, 0.15) is 53.3 Å². The first-order valence-electron chi connectivity index (χ1n) is 15.6. The maximum absolute atomic E-state index is 13.8. The van der Waals surface area contributed by atoms with E-state index in [-0.39, 0.29) is 11.5 Å². The van der Waals surface area contributed by atoms with E-state index >= 15 is 0 Å². The third-order valence-electron chi connectivity index (χ3n) is 10.4. The maximum Gasteiger partial charge on any atom is 0.335 e. The number of carbonyl (C=O) groups excluding carboxylic acids is 1. The van der Waals surface area contributed by atoms with E-state index in [1.807, 2.05) is 25.2 Å². The first-order chi connectivity index (χ1) is 21.3. The Bertz CT molecular complexity index is 1980. The number of rotatable bonds is 7. The Morgan fingerprint density at radius 3 is 2.50 bits per heavy atom. The van der Waals surface area contributed by atoms with Crippen LogP contribution in [0.15, 0.2) is 60.7 Å². The van der Waals surface area contributed by atoms with Gasteiger partial charge in [-0.25, -0.2) is 9.78 Å². The van der Waals surface area contributed by atoms with E-state index in [0.29, 0.717) is 35.1 Å². The predicted octanol–water partition coefficient (Wildman–Crippen LogP) is 6.85. The largest absolute Gasteiger partial charge is 0.494 e. The van der Waals surface area contributed by atoms with Gasteiger partial charge in [0, 0.05) is 42.6 Å². The molecule has 44 heavy (non-hydrogen) atoms. The first-order valence-corrected chi connectivity index (χ1v) is 15.6. The summed E-state index contributed by atoms with van der Waals surface area (Å²) in [6.45, 7) is 4.00. The van der Waals surface area contributed by atoms with Crippen molar-refractivity contribution in [2.75, 3.05) is 13.7 Å². The molecule has 2 unspecified atom stereocenters. The minimum Gasteiger partial charge on any atom is -0.494 e. The summed E-state index contributed by atoms with van der Waals surface area (Å²) in [5.41, 5.74) is 6.47. The highest BCUT2D eigenvalue weighted by Crippen LogP contribution is 2.44. The summed E-state index contributed by atoms with van der Waals surface area (Å²) < 4.78 is 10.3. The maximum atomic E-state index is 13.8. The fourth-order valence-corrected chi connectivity index (χ4v) is 7.73. The quantitative estimate of drug-likeness (QED) is 0.225. The molecule has 5 aromatic rings. The SMILES string of the molecule is COc1cc(C(=O)N2CC3CCC2[C@@H]3C)cc2nc(-c3cc4ccc(-c5cccc(C(=O)O)c5)cc4n3CC3CC3)n(C)c12. The molecule has 8 rings (SSSR count). The number of amides is 1. The van der Waals surface area contributed by atoms with Gasteiger partial charge in [-0.15, -0.1) is 0 Å². The van der Waals surface area contributed by atoms with Gasteiger partial charge in [-0.05, 0) is 91.0 Å². The van der Waals surface area contributed by atoms with Gasteiger partial charge >= 0.3 is 5.97 Å². The summed E-state index contributed by atoms with van der Waals surface area (Å²) in [4.78, 5) is 32.6. The van der Waals surface area contributed by atoms with Crippen molar-refractivity contribution in [2.24, 2.45) is 24.8 Å². The van der Waals surface area contributed by atoms with Crippen LogP contribution in [0.3, 0.4) is 0 Å². The van der Waals surface area contributed by atoms with E-state index in [0.717, 1.165) is 64.1 Å². The third kappa shape index (κ3) is 4.22. The van der Waals surface area contributed by atoms with E-state index in [9.17, 15) is 14.7 Å². The number of carboxylic acids is 1. The summed E-state index contributed by atoms with van der Waals surface area (Å²) in [5, 5.41) is 10.6. The van der Waals surface area contributed by atoms with Crippen molar-refractivity contribution < 1.29 is 19.4 Å². The minimum atomic E-state index is -0.934. The van der Waals surface area contributed by atoms with Crippen LogP contribution in [0.4, 0.5) is 0 Å². The smallest absolute Gasteiger partial charge is 0.335 e. The van der Waals surface area contributed by atoms with Crippen molar-refractivity contribution in [1.82, 2.24) is 19.0 Å². The number of nitrogens with zero attached hydrogens (tertiary/aromatic N) is 4. The lowest BCUT2D eigenvalue weighted by atomic mass is 10.0. The molecule has 224 valence electrons. The average Bonchev–Trinajstić information content (AvgIpc) is 3.44. The molecule has 1 saturated heterocycles. The van der Waals surface area contributed by atoms with Crippen molar-refractivity contribution in [2.45, 2.75) is 45.2 Å². The molecule has 1 aliphatic heterocycles. The molecule has 0 spiro atoms. The highest BCUT2D eigenvalue weighted by Gasteiger charge is 2.46. The number of aromatic carboxylic acids is 1. The van der Waals surface area contributed by atoms with E-state index in [2.05, 4.69) is 45.2 Å². The van der Waals surface area contributed by atoms with Gasteiger partial charge in [-0.3, -0.25) is 4.79 Å². The second kappa shape index (κ2) is 9.97. The number of likely N-dealkylation sites (tertiary alicyclic amines) is 1. The molecule has 3 aromatic carbocycles. The second-order valence-electron chi connectivity index (χ2n) is 13.0. The van der Waals surface area contributed by atoms with Crippen molar-refractivity contribution in [3.8, 4) is 28.4 Å². The molecular formula is C36H36N4O4. The lowest BCUT2D eigenvalue weighted by Gasteiger charge is -2.27. The van der Waals surface area contributed by atoms with Crippen LogP contribution in [0.5, 0.6) is 5.75 Å². The number of benzene rings is 3. The third-order valence-corrected chi connectivity index (χ3v) is 10.4. The van der Waals surface area contributed by atoms with Crippen molar-refractivity contribution in [3.63, 3.8) is 0 Å². The van der Waals surface area contributed by atoms with Gasteiger partial charge in [0.2, 0.25) is 0 Å². The lowest BCUT2D eigenvalue weighted by molar-refractivity contribution is 0.0687. The van der Waals surface area contributed by atoms with Crippen LogP contribution < -0.4 is 4.74 Å². The summed E-state index contributed by atoms with van der Waals surface area (Å²) >= 11 is 0. The number of piperidine rings is 1. The number of aromatic nitrogens is 3. The zero-order valence-electron chi connectivity index (χ0n) is 25.3. The molecule has 2 bridgehead atoms. The number of hydrogen-bond donors (Lipinski definition) is 1. The van der Waals surface area contributed by atoms with Gasteiger partial charge in [0.15, 0.2) is 5.82 Å². The number of imidazole rings is 1. The number of carbonyl (C=O) groups is 2. The average molecular weight is 589 g/mol. The molecule has 3 atom stereocenters. The molecule has 3 aliphatic rings. The van der Waals surface area contributed by atoms with Crippen LogP contribution in [0.2, 0.25) is 0 Å². The lowest BCUT2D eigenvalue weighted by Crippen LogP contribution is -2.38. The number of carboxylic acid groups (broad SMARTS) is 1. The fraction of sp³-hybridized carbons (Fsp3) is 0.361. The highest BCUT2D eigenvalue weighted by molar-refractivity contribution is 6.01. The number of aryl methyl sites for hydroxylation is 1. The van der Waals surface area contributed by atoms with Gasteiger partial charge in [0.25, 0.3) is 5.91 Å². The van der Waals surface area contributed by atoms with Crippen LogP contribution in [-0.4, -0.2) is 55.7 Å². The molecular weight excluding hydrogens is 552 g/mol. The van der Waals surface area contributed by atoms with Gasteiger partial charge < -0.3 is 23.9 Å².